The zero-order chi connectivity index (χ0) is 13.5. The molecule has 19 heavy (non-hydrogen) atoms. The molecule has 1 fully saturated rings. The van der Waals surface area contributed by atoms with Crippen LogP contribution in [-0.4, -0.2) is 10.1 Å². The van der Waals surface area contributed by atoms with E-state index >= 15 is 0 Å². The monoisotopic (exact) mass is 268 g/mol. The summed E-state index contributed by atoms with van der Waals surface area (Å²) in [4.78, 5) is 4.24. The summed E-state index contributed by atoms with van der Waals surface area (Å²) < 4.78 is 42.4. The summed E-state index contributed by atoms with van der Waals surface area (Å²) in [5.41, 5.74) is -0.152. The van der Waals surface area contributed by atoms with Gasteiger partial charge in [0.25, 0.3) is 0 Å². The molecule has 1 aromatic heterocycles. The maximum absolute atomic E-state index is 12.4. The Morgan fingerprint density at radius 1 is 1.11 bits per heavy atom. The van der Waals surface area contributed by atoms with Crippen LogP contribution >= 0.6 is 0 Å². The Morgan fingerprint density at radius 2 is 1.79 bits per heavy atom. The van der Waals surface area contributed by atoms with Crippen molar-refractivity contribution in [1.29, 1.82) is 0 Å². The summed E-state index contributed by atoms with van der Waals surface area (Å²) in [6, 6.07) is 4.76. The van der Waals surface area contributed by atoms with E-state index in [2.05, 4.69) is 10.1 Å². The lowest BCUT2D eigenvalue weighted by Crippen LogP contribution is -2.08. The third kappa shape index (κ3) is 2.34. The highest BCUT2D eigenvalue weighted by molar-refractivity contribution is 5.54. The fourth-order valence-corrected chi connectivity index (χ4v) is 1.98. The topological polar surface area (TPSA) is 38.9 Å². The maximum atomic E-state index is 12.4. The lowest BCUT2D eigenvalue weighted by atomic mass is 9.85. The van der Waals surface area contributed by atoms with Crippen molar-refractivity contribution in [3.63, 3.8) is 0 Å². The molecule has 0 atom stereocenters. The third-order valence-electron chi connectivity index (χ3n) is 3.37. The van der Waals surface area contributed by atoms with Crippen LogP contribution in [0, 0.1) is 0 Å². The van der Waals surface area contributed by atoms with Crippen molar-refractivity contribution in [3.8, 4) is 11.4 Å². The van der Waals surface area contributed by atoms with E-state index < -0.39 is 11.7 Å². The van der Waals surface area contributed by atoms with E-state index in [1.165, 1.54) is 12.1 Å². The van der Waals surface area contributed by atoms with Gasteiger partial charge < -0.3 is 4.52 Å². The molecule has 0 N–H and O–H groups in total. The highest BCUT2D eigenvalue weighted by Crippen LogP contribution is 2.36. The fraction of sp³-hybridized carbons (Fsp3) is 0.385. The molecule has 0 spiro atoms. The molecule has 1 aromatic carbocycles. The average molecular weight is 268 g/mol. The highest BCUT2D eigenvalue weighted by Gasteiger charge is 2.30. The average Bonchev–Trinajstić information content (AvgIpc) is 2.75. The first-order chi connectivity index (χ1) is 9.04. The summed E-state index contributed by atoms with van der Waals surface area (Å²) in [6.07, 6.45) is -1.10. The first-order valence-corrected chi connectivity index (χ1v) is 6.05. The molecule has 1 saturated carbocycles. The second-order valence-corrected chi connectivity index (χ2v) is 4.66. The standard InChI is InChI=1S/C13H11F3N2O/c14-13(15,16)10-6-4-8(5-7-10)11-17-12(19-18-11)9-2-1-3-9/h4-7,9H,1-3H2. The van der Waals surface area contributed by atoms with Gasteiger partial charge in [-0.05, 0) is 25.0 Å². The minimum Gasteiger partial charge on any atom is -0.339 e. The van der Waals surface area contributed by atoms with Gasteiger partial charge in [-0.3, -0.25) is 0 Å². The van der Waals surface area contributed by atoms with Crippen molar-refractivity contribution in [1.82, 2.24) is 10.1 Å². The number of hydrogen-bond acceptors (Lipinski definition) is 3. The van der Waals surface area contributed by atoms with Crippen molar-refractivity contribution in [2.75, 3.05) is 0 Å². The molecule has 3 rings (SSSR count). The van der Waals surface area contributed by atoms with Crippen LogP contribution in [0.15, 0.2) is 28.8 Å². The Hall–Kier alpha value is -1.85. The van der Waals surface area contributed by atoms with Gasteiger partial charge in [0.2, 0.25) is 11.7 Å². The molecule has 1 heterocycles. The third-order valence-corrected chi connectivity index (χ3v) is 3.37. The van der Waals surface area contributed by atoms with Gasteiger partial charge in [-0.2, -0.15) is 18.2 Å². The number of hydrogen-bond donors (Lipinski definition) is 0. The first-order valence-electron chi connectivity index (χ1n) is 6.05. The molecular weight excluding hydrogens is 257 g/mol. The van der Waals surface area contributed by atoms with Gasteiger partial charge in [-0.25, -0.2) is 0 Å². The van der Waals surface area contributed by atoms with Crippen LogP contribution in [-0.2, 0) is 6.18 Å². The molecular formula is C13H11F3N2O. The molecule has 0 amide bonds. The molecule has 0 unspecified atom stereocenters. The summed E-state index contributed by atoms with van der Waals surface area (Å²) in [6.45, 7) is 0. The molecule has 2 aromatic rings. The maximum Gasteiger partial charge on any atom is 0.416 e. The van der Waals surface area contributed by atoms with Crippen molar-refractivity contribution in [2.24, 2.45) is 0 Å². The molecule has 6 heteroatoms. The van der Waals surface area contributed by atoms with Crippen LogP contribution in [0.2, 0.25) is 0 Å². The van der Waals surface area contributed by atoms with Crippen molar-refractivity contribution in [2.45, 2.75) is 31.4 Å². The van der Waals surface area contributed by atoms with E-state index in [0.29, 0.717) is 23.2 Å². The summed E-state index contributed by atoms with van der Waals surface area (Å²) in [7, 11) is 0. The predicted molar refractivity (Wildman–Crippen MR) is 61.3 cm³/mol. The first kappa shape index (κ1) is 12.2. The Balaban J connectivity index is 1.83. The van der Waals surface area contributed by atoms with Crippen LogP contribution in [0.4, 0.5) is 13.2 Å². The van der Waals surface area contributed by atoms with Crippen LogP contribution in [0.5, 0.6) is 0 Å². The normalized spacial score (nSPS) is 16.4. The van der Waals surface area contributed by atoms with E-state index in [9.17, 15) is 13.2 Å². The van der Waals surface area contributed by atoms with Gasteiger partial charge in [-0.1, -0.05) is 23.7 Å². The number of benzene rings is 1. The zero-order valence-corrected chi connectivity index (χ0v) is 9.94. The molecule has 1 aliphatic rings. The zero-order valence-electron chi connectivity index (χ0n) is 9.94. The Morgan fingerprint density at radius 3 is 2.32 bits per heavy atom. The van der Waals surface area contributed by atoms with Gasteiger partial charge in [0.1, 0.15) is 0 Å². The van der Waals surface area contributed by atoms with Crippen LogP contribution < -0.4 is 0 Å². The predicted octanol–water partition coefficient (Wildman–Crippen LogP) is 4.02. The van der Waals surface area contributed by atoms with Crippen LogP contribution in [0.1, 0.15) is 36.6 Å². The van der Waals surface area contributed by atoms with Crippen LogP contribution in [0.3, 0.4) is 0 Å². The van der Waals surface area contributed by atoms with Crippen molar-refractivity contribution < 1.29 is 17.7 Å². The highest BCUT2D eigenvalue weighted by atomic mass is 19.4. The smallest absolute Gasteiger partial charge is 0.339 e. The van der Waals surface area contributed by atoms with E-state index in [0.717, 1.165) is 31.4 Å². The lowest BCUT2D eigenvalue weighted by Gasteiger charge is -2.20. The van der Waals surface area contributed by atoms with Crippen molar-refractivity contribution >= 4 is 0 Å². The summed E-state index contributed by atoms with van der Waals surface area (Å²) in [5, 5.41) is 3.81. The van der Waals surface area contributed by atoms with E-state index in [1.54, 1.807) is 0 Å². The number of alkyl halides is 3. The molecule has 0 saturated heterocycles. The molecule has 3 nitrogen and oxygen atoms in total. The SMILES string of the molecule is FC(F)(F)c1ccc(-c2noc(C3CCC3)n2)cc1. The minimum atomic E-state index is -4.33. The van der Waals surface area contributed by atoms with Gasteiger partial charge in [0.05, 0.1) is 5.56 Å². The number of halogens is 3. The van der Waals surface area contributed by atoms with E-state index in [4.69, 9.17) is 4.52 Å². The van der Waals surface area contributed by atoms with Crippen LogP contribution in [0.25, 0.3) is 11.4 Å². The molecule has 1 aliphatic carbocycles. The molecule has 100 valence electrons. The molecule has 0 bridgehead atoms. The van der Waals surface area contributed by atoms with Gasteiger partial charge in [0.15, 0.2) is 0 Å². The largest absolute Gasteiger partial charge is 0.416 e. The van der Waals surface area contributed by atoms with Crippen molar-refractivity contribution in [3.05, 3.63) is 35.7 Å². The Bertz CT molecular complexity index is 570. The summed E-state index contributed by atoms with van der Waals surface area (Å²) in [5.74, 6) is 1.24. The number of nitrogens with zero attached hydrogens (tertiary/aromatic N) is 2. The fourth-order valence-electron chi connectivity index (χ4n) is 1.98. The number of aromatic nitrogens is 2. The van der Waals surface area contributed by atoms with Gasteiger partial charge >= 0.3 is 6.18 Å². The molecule has 0 radical (unpaired) electrons. The Labute approximate surface area is 107 Å². The lowest BCUT2D eigenvalue weighted by molar-refractivity contribution is -0.137. The van der Waals surface area contributed by atoms with Gasteiger partial charge in [-0.15, -0.1) is 0 Å². The number of rotatable bonds is 2. The summed E-state index contributed by atoms with van der Waals surface area (Å²) >= 11 is 0. The second kappa shape index (κ2) is 4.36. The van der Waals surface area contributed by atoms with Gasteiger partial charge in [0, 0.05) is 11.5 Å². The Kier molecular flexibility index (Phi) is 2.80. The van der Waals surface area contributed by atoms with E-state index in [1.807, 2.05) is 0 Å². The quantitative estimate of drug-likeness (QED) is 0.825. The minimum absolute atomic E-state index is 0.315. The second-order valence-electron chi connectivity index (χ2n) is 4.66. The molecule has 0 aliphatic heterocycles. The van der Waals surface area contributed by atoms with E-state index in [-0.39, 0.29) is 0 Å².